The SMILES string of the molecule is CCCCN(C)C(=O)C1CCN(C(=O)COc2ccc(OCc3ccccc3)cc2)CC1. The third-order valence-electron chi connectivity index (χ3n) is 5.85. The van der Waals surface area contributed by atoms with Crippen LogP contribution in [0.5, 0.6) is 11.5 Å². The molecule has 1 heterocycles. The van der Waals surface area contributed by atoms with Gasteiger partial charge in [0.1, 0.15) is 18.1 Å². The highest BCUT2D eigenvalue weighted by atomic mass is 16.5. The lowest BCUT2D eigenvalue weighted by Gasteiger charge is -2.33. The maximum absolute atomic E-state index is 12.5. The van der Waals surface area contributed by atoms with Gasteiger partial charge in [-0.15, -0.1) is 0 Å². The molecule has 6 nitrogen and oxygen atoms in total. The van der Waals surface area contributed by atoms with E-state index in [4.69, 9.17) is 9.47 Å². The lowest BCUT2D eigenvalue weighted by molar-refractivity contribution is -0.140. The van der Waals surface area contributed by atoms with Gasteiger partial charge in [0, 0.05) is 32.6 Å². The van der Waals surface area contributed by atoms with Crippen molar-refractivity contribution in [2.75, 3.05) is 33.3 Å². The van der Waals surface area contributed by atoms with Gasteiger partial charge in [0.25, 0.3) is 5.91 Å². The lowest BCUT2D eigenvalue weighted by Crippen LogP contribution is -2.45. The Balaban J connectivity index is 1.38. The van der Waals surface area contributed by atoms with Gasteiger partial charge in [-0.2, -0.15) is 0 Å². The van der Waals surface area contributed by atoms with Crippen molar-refractivity contribution in [3.63, 3.8) is 0 Å². The number of unbranched alkanes of at least 4 members (excludes halogenated alkanes) is 1. The van der Waals surface area contributed by atoms with Gasteiger partial charge < -0.3 is 19.3 Å². The zero-order valence-corrected chi connectivity index (χ0v) is 19.2. The first-order valence-electron chi connectivity index (χ1n) is 11.5. The minimum atomic E-state index is -0.0420. The third kappa shape index (κ3) is 7.01. The van der Waals surface area contributed by atoms with Crippen LogP contribution in [-0.4, -0.2) is 54.9 Å². The first-order chi connectivity index (χ1) is 15.6. The first kappa shape index (κ1) is 23.6. The van der Waals surface area contributed by atoms with Gasteiger partial charge >= 0.3 is 0 Å². The number of hydrogen-bond acceptors (Lipinski definition) is 4. The maximum atomic E-state index is 12.5. The van der Waals surface area contributed by atoms with Crippen LogP contribution in [0.3, 0.4) is 0 Å². The Bertz CT molecular complexity index is 846. The molecule has 0 aromatic heterocycles. The van der Waals surface area contributed by atoms with Gasteiger partial charge in [0.2, 0.25) is 5.91 Å². The summed E-state index contributed by atoms with van der Waals surface area (Å²) in [6, 6.07) is 17.3. The first-order valence-corrected chi connectivity index (χ1v) is 11.5. The largest absolute Gasteiger partial charge is 0.489 e. The molecule has 6 heteroatoms. The van der Waals surface area contributed by atoms with Crippen LogP contribution in [0.25, 0.3) is 0 Å². The third-order valence-corrected chi connectivity index (χ3v) is 5.85. The molecule has 0 saturated carbocycles. The number of amides is 2. The molecule has 1 aliphatic rings. The summed E-state index contributed by atoms with van der Waals surface area (Å²) in [5, 5.41) is 0. The van der Waals surface area contributed by atoms with E-state index in [1.54, 1.807) is 4.90 Å². The topological polar surface area (TPSA) is 59.1 Å². The molecule has 32 heavy (non-hydrogen) atoms. The molecule has 3 rings (SSSR count). The van der Waals surface area contributed by atoms with Crippen LogP contribution in [-0.2, 0) is 16.2 Å². The number of piperidine rings is 1. The van der Waals surface area contributed by atoms with E-state index in [2.05, 4.69) is 6.92 Å². The minimum absolute atomic E-state index is 0.000759. The van der Waals surface area contributed by atoms with Crippen LogP contribution in [0.2, 0.25) is 0 Å². The van der Waals surface area contributed by atoms with E-state index in [0.29, 0.717) is 38.3 Å². The van der Waals surface area contributed by atoms with Gasteiger partial charge in [-0.1, -0.05) is 43.7 Å². The fourth-order valence-corrected chi connectivity index (χ4v) is 3.80. The van der Waals surface area contributed by atoms with Crippen LogP contribution < -0.4 is 9.47 Å². The van der Waals surface area contributed by atoms with E-state index in [1.165, 1.54) is 0 Å². The molecule has 0 unspecified atom stereocenters. The Morgan fingerprint density at radius 1 is 0.969 bits per heavy atom. The molecule has 172 valence electrons. The summed E-state index contributed by atoms with van der Waals surface area (Å²) in [5.41, 5.74) is 1.11. The summed E-state index contributed by atoms with van der Waals surface area (Å²) >= 11 is 0. The van der Waals surface area contributed by atoms with E-state index in [-0.39, 0.29) is 24.3 Å². The molecule has 1 saturated heterocycles. The summed E-state index contributed by atoms with van der Waals surface area (Å²) in [4.78, 5) is 28.7. The fourth-order valence-electron chi connectivity index (χ4n) is 3.80. The number of rotatable bonds is 10. The molecule has 0 radical (unpaired) electrons. The average molecular weight is 439 g/mol. The van der Waals surface area contributed by atoms with Crippen LogP contribution in [0.1, 0.15) is 38.2 Å². The number of nitrogens with zero attached hydrogens (tertiary/aromatic N) is 2. The molecular formula is C26H34N2O4. The predicted molar refractivity (Wildman–Crippen MR) is 125 cm³/mol. The van der Waals surface area contributed by atoms with Gasteiger partial charge in [0.05, 0.1) is 0 Å². The molecule has 2 aromatic carbocycles. The molecule has 0 atom stereocenters. The van der Waals surface area contributed by atoms with Crippen molar-refractivity contribution in [1.82, 2.24) is 9.80 Å². The summed E-state index contributed by atoms with van der Waals surface area (Å²) in [6.07, 6.45) is 3.54. The van der Waals surface area contributed by atoms with Crippen LogP contribution in [0, 0.1) is 5.92 Å². The molecular weight excluding hydrogens is 404 g/mol. The van der Waals surface area contributed by atoms with E-state index in [0.717, 1.165) is 30.7 Å². The van der Waals surface area contributed by atoms with Gasteiger partial charge in [0.15, 0.2) is 6.61 Å². The normalized spacial score (nSPS) is 14.1. The number of likely N-dealkylation sites (tertiary alicyclic amines) is 1. The molecule has 2 amide bonds. The van der Waals surface area contributed by atoms with Gasteiger partial charge in [-0.05, 0) is 49.1 Å². The molecule has 0 N–H and O–H groups in total. The smallest absolute Gasteiger partial charge is 0.260 e. The zero-order valence-electron chi connectivity index (χ0n) is 19.2. The van der Waals surface area contributed by atoms with Crippen LogP contribution >= 0.6 is 0 Å². The summed E-state index contributed by atoms with van der Waals surface area (Å²) in [5.74, 6) is 1.57. The Hall–Kier alpha value is -3.02. The monoisotopic (exact) mass is 438 g/mol. The van der Waals surface area contributed by atoms with E-state index < -0.39 is 0 Å². The van der Waals surface area contributed by atoms with Crippen molar-refractivity contribution >= 4 is 11.8 Å². The minimum Gasteiger partial charge on any atom is -0.489 e. The van der Waals surface area contributed by atoms with Crippen LogP contribution in [0.15, 0.2) is 54.6 Å². The summed E-state index contributed by atoms with van der Waals surface area (Å²) in [6.45, 7) is 4.64. The van der Waals surface area contributed by atoms with Gasteiger partial charge in [-0.3, -0.25) is 9.59 Å². The number of benzene rings is 2. The van der Waals surface area contributed by atoms with Crippen LogP contribution in [0.4, 0.5) is 0 Å². The maximum Gasteiger partial charge on any atom is 0.260 e. The molecule has 2 aromatic rings. The van der Waals surface area contributed by atoms with E-state index >= 15 is 0 Å². The molecule has 0 bridgehead atoms. The van der Waals surface area contributed by atoms with Crippen molar-refractivity contribution in [2.45, 2.75) is 39.2 Å². The molecule has 0 aliphatic carbocycles. The van der Waals surface area contributed by atoms with Crippen molar-refractivity contribution in [3.05, 3.63) is 60.2 Å². The highest BCUT2D eigenvalue weighted by Crippen LogP contribution is 2.21. The number of carbonyl (C=O) groups excluding carboxylic acids is 2. The second kappa shape index (κ2) is 12.1. The number of ether oxygens (including phenoxy) is 2. The molecule has 1 fully saturated rings. The fraction of sp³-hybridized carbons (Fsp3) is 0.462. The van der Waals surface area contributed by atoms with Gasteiger partial charge in [-0.25, -0.2) is 0 Å². The predicted octanol–water partition coefficient (Wildman–Crippen LogP) is 4.14. The van der Waals surface area contributed by atoms with Crippen molar-refractivity contribution < 1.29 is 19.1 Å². The summed E-state index contributed by atoms with van der Waals surface area (Å²) in [7, 11) is 1.88. The Morgan fingerprint density at radius 3 is 2.22 bits per heavy atom. The second-order valence-electron chi connectivity index (χ2n) is 8.30. The zero-order chi connectivity index (χ0) is 22.8. The van der Waals surface area contributed by atoms with E-state index in [1.807, 2.05) is 66.5 Å². The lowest BCUT2D eigenvalue weighted by atomic mass is 9.95. The van der Waals surface area contributed by atoms with Crippen molar-refractivity contribution in [3.8, 4) is 11.5 Å². The Morgan fingerprint density at radius 2 is 1.59 bits per heavy atom. The van der Waals surface area contributed by atoms with Crippen molar-refractivity contribution in [1.29, 1.82) is 0 Å². The Labute approximate surface area is 191 Å². The summed E-state index contributed by atoms with van der Waals surface area (Å²) < 4.78 is 11.4. The second-order valence-corrected chi connectivity index (χ2v) is 8.30. The quantitative estimate of drug-likeness (QED) is 0.559. The molecule has 1 aliphatic heterocycles. The highest BCUT2D eigenvalue weighted by molar-refractivity contribution is 5.80. The average Bonchev–Trinajstić information content (AvgIpc) is 2.85. The highest BCUT2D eigenvalue weighted by Gasteiger charge is 2.29. The number of hydrogen-bond donors (Lipinski definition) is 0. The van der Waals surface area contributed by atoms with Crippen molar-refractivity contribution in [2.24, 2.45) is 5.92 Å². The Kier molecular flexibility index (Phi) is 8.96. The standard InChI is InChI=1S/C26H34N2O4/c1-3-4-16-27(2)26(30)22-14-17-28(18-15-22)25(29)20-32-24-12-10-23(11-13-24)31-19-21-8-6-5-7-9-21/h5-13,22H,3-4,14-20H2,1-2H3. The molecule has 0 spiro atoms. The van der Waals surface area contributed by atoms with E-state index in [9.17, 15) is 9.59 Å². The number of carbonyl (C=O) groups is 2.